The number of aryl methyl sites for hydroxylation is 2. The van der Waals surface area contributed by atoms with E-state index in [0.717, 1.165) is 86.7 Å². The molecule has 0 radical (unpaired) electrons. The molecule has 362 valence electrons. The Labute approximate surface area is 404 Å². The number of unbranched alkanes of at least 4 members (excludes halogenated alkanes) is 28. The Kier molecular flexibility index (Phi) is 42.5. The zero-order valence-electron chi connectivity index (χ0n) is 42.7. The van der Waals surface area contributed by atoms with E-state index in [1.165, 1.54) is 194 Å². The summed E-state index contributed by atoms with van der Waals surface area (Å²) in [5.74, 6) is 0. The van der Waals surface area contributed by atoms with E-state index in [4.69, 9.17) is 0 Å². The molecule has 2 aromatic rings. The summed E-state index contributed by atoms with van der Waals surface area (Å²) in [6, 6.07) is 17.4. The molecular formula is C60H102N2Ni. The minimum absolute atomic E-state index is 0. The molecule has 2 nitrogen and oxygen atoms in total. The van der Waals surface area contributed by atoms with Crippen LogP contribution in [0.15, 0.2) is 59.7 Å². The van der Waals surface area contributed by atoms with Crippen molar-refractivity contribution in [1.29, 1.82) is 0 Å². The van der Waals surface area contributed by atoms with E-state index in [2.05, 4.69) is 104 Å². The van der Waals surface area contributed by atoms with Crippen molar-refractivity contribution < 1.29 is 21.2 Å². The molecule has 0 aliphatic carbocycles. The Hall–Kier alpha value is -1.99. The number of hydrogen-bond donors (Lipinski definition) is 0. The molecular weight excluding hydrogens is 807 g/mol. The zero-order chi connectivity index (χ0) is 45.3. The minimum Gasteiger partial charge on any atom is -0.493 e. The van der Waals surface area contributed by atoms with Crippen molar-refractivity contribution >= 4 is 11.4 Å². The monoisotopic (exact) mass is 909 g/mol. The van der Waals surface area contributed by atoms with Crippen LogP contribution in [-0.4, -0.2) is 4.70 Å². The second-order valence-electron chi connectivity index (χ2n) is 18.5. The number of nitrogens with zero attached hydrogens (tertiary/aromatic N) is 2. The quantitative estimate of drug-likeness (QED) is 0.0282. The maximum absolute atomic E-state index is 11.5. The average Bonchev–Trinajstić information content (AvgIpc) is 3.58. The molecule has 63 heavy (non-hydrogen) atoms. The first kappa shape index (κ1) is 61.0. The summed E-state index contributed by atoms with van der Waals surface area (Å²) in [6.45, 7) is 21.2. The van der Waals surface area contributed by atoms with Crippen LogP contribution in [0.25, 0.3) is 16.9 Å². The number of rotatable bonds is 36. The van der Waals surface area contributed by atoms with Gasteiger partial charge in [-0.25, -0.2) is 4.70 Å². The van der Waals surface area contributed by atoms with Crippen LogP contribution in [0.3, 0.4) is 0 Å². The molecule has 0 amide bonds. The normalized spacial score (nSPS) is 12.3. The molecule has 1 aliphatic rings. The fourth-order valence-corrected chi connectivity index (χ4v) is 8.72. The molecule has 0 saturated heterocycles. The fraction of sp³-hybridized carbons (Fsp3) is 0.700. The van der Waals surface area contributed by atoms with Crippen LogP contribution in [-0.2, 0) is 29.3 Å². The Morgan fingerprint density at radius 3 is 1.05 bits per heavy atom. The van der Waals surface area contributed by atoms with Gasteiger partial charge in [-0.05, 0) is 73.9 Å². The third-order valence-corrected chi connectivity index (χ3v) is 12.9. The first-order valence-corrected chi connectivity index (χ1v) is 27.2. The van der Waals surface area contributed by atoms with E-state index in [9.17, 15) is 5.53 Å². The number of benzene rings is 2. The Morgan fingerprint density at radius 1 is 0.381 bits per heavy atom. The second-order valence-corrected chi connectivity index (χ2v) is 18.5. The molecule has 0 bridgehead atoms. The molecule has 0 aromatic heterocycles. The van der Waals surface area contributed by atoms with Crippen molar-refractivity contribution in [1.82, 2.24) is 0 Å². The van der Waals surface area contributed by atoms with Gasteiger partial charge in [0, 0.05) is 22.3 Å². The molecule has 3 heteroatoms. The van der Waals surface area contributed by atoms with Crippen LogP contribution in [0.5, 0.6) is 0 Å². The van der Waals surface area contributed by atoms with E-state index in [0.29, 0.717) is 0 Å². The van der Waals surface area contributed by atoms with Crippen LogP contribution in [0.4, 0.5) is 0 Å². The van der Waals surface area contributed by atoms with Gasteiger partial charge in [0.2, 0.25) is 11.4 Å². The fourth-order valence-electron chi connectivity index (χ4n) is 8.72. The summed E-state index contributed by atoms with van der Waals surface area (Å²) >= 11 is 0. The molecule has 0 unspecified atom stereocenters. The first-order valence-electron chi connectivity index (χ1n) is 27.2. The van der Waals surface area contributed by atoms with Crippen LogP contribution in [0, 0.1) is 13.8 Å². The maximum atomic E-state index is 11.5. The Morgan fingerprint density at radius 2 is 0.714 bits per heavy atom. The van der Waals surface area contributed by atoms with Gasteiger partial charge in [0.1, 0.15) is 0 Å². The van der Waals surface area contributed by atoms with E-state index in [1.54, 1.807) is 0 Å². The van der Waals surface area contributed by atoms with Crippen molar-refractivity contribution in [3.8, 4) is 0 Å². The molecule has 1 heterocycles. The number of allylic oxidation sites excluding steroid dienone is 2. The zero-order valence-corrected chi connectivity index (χ0v) is 43.7. The van der Waals surface area contributed by atoms with E-state index in [1.807, 2.05) is 0 Å². The van der Waals surface area contributed by atoms with Gasteiger partial charge in [0.15, 0.2) is 0 Å². The predicted octanol–water partition coefficient (Wildman–Crippen LogP) is 21.0. The molecule has 3 rings (SSSR count). The minimum atomic E-state index is 0. The largest absolute Gasteiger partial charge is 2.00 e. The Bertz CT molecular complexity index is 1350. The van der Waals surface area contributed by atoms with Gasteiger partial charge in [-0.3, -0.25) is 0 Å². The van der Waals surface area contributed by atoms with E-state index < -0.39 is 0 Å². The van der Waals surface area contributed by atoms with Crippen molar-refractivity contribution in [2.75, 3.05) is 0 Å². The van der Waals surface area contributed by atoms with Crippen LogP contribution >= 0.6 is 0 Å². The smallest absolute Gasteiger partial charge is 0.493 e. The topological polar surface area (TPSA) is 25.3 Å². The van der Waals surface area contributed by atoms with Crippen molar-refractivity contribution in [2.24, 2.45) is 0 Å². The van der Waals surface area contributed by atoms with Crippen molar-refractivity contribution in [3.63, 3.8) is 0 Å². The molecule has 1 aliphatic heterocycles. The predicted molar refractivity (Wildman–Crippen MR) is 279 cm³/mol. The van der Waals surface area contributed by atoms with Gasteiger partial charge in [0.05, 0.1) is 0 Å². The van der Waals surface area contributed by atoms with Gasteiger partial charge in [-0.1, -0.05) is 246 Å². The van der Waals surface area contributed by atoms with Crippen molar-refractivity contribution in [2.45, 2.75) is 273 Å². The second kappa shape index (κ2) is 43.9. The Balaban J connectivity index is 0.000000997. The standard InChI is InChI=1S/C28H36N2.2C16H33.Ni/c1-5-9-14-25-26(15-10-6-2)28(24-13-11-12-22(8-4)20-24)30(29)27(25)23-18-16-21(7-3)17-19-23;2*1-3-5-7-9-11-13-15-16-14-12-10-8-6-4-2;/h11-13,16-20H,5-10,14-15H2,1-4H3;2*1,3-16H2,2H3;/q;2*-1;+2. The summed E-state index contributed by atoms with van der Waals surface area (Å²) in [5.41, 5.74) is 21.0. The number of hydrogen-bond acceptors (Lipinski definition) is 0. The summed E-state index contributed by atoms with van der Waals surface area (Å²) in [7, 11) is 0. The summed E-state index contributed by atoms with van der Waals surface area (Å²) in [5, 5.41) is 0. The van der Waals surface area contributed by atoms with E-state index >= 15 is 0 Å². The molecule has 0 N–H and O–H groups in total. The van der Waals surface area contributed by atoms with Crippen molar-refractivity contribution in [3.05, 3.63) is 101 Å². The maximum Gasteiger partial charge on any atom is 2.00 e. The molecule has 0 spiro atoms. The SMILES string of the molecule is CCCCC1=C(c2ccc(CC)cc2)[N+](=[N-])C(c2cccc(CC)c2)=C1CCCC.[CH2-]CCCCCCCCCCCCCCC.[CH2-]CCCCCCCCCCCCCCC.[Ni+2]. The first-order chi connectivity index (χ1) is 30.5. The molecule has 0 atom stereocenters. The van der Waals surface area contributed by atoms with Crippen LogP contribution in [0.2, 0.25) is 0 Å². The molecule has 0 fully saturated rings. The van der Waals surface area contributed by atoms with Crippen LogP contribution in [0.1, 0.15) is 282 Å². The van der Waals surface area contributed by atoms with Gasteiger partial charge >= 0.3 is 16.5 Å². The van der Waals surface area contributed by atoms with Crippen LogP contribution < -0.4 is 0 Å². The van der Waals surface area contributed by atoms with Gasteiger partial charge in [-0.15, -0.1) is 0 Å². The molecule has 2 aromatic carbocycles. The third-order valence-electron chi connectivity index (χ3n) is 12.9. The average molecular weight is 910 g/mol. The molecule has 0 saturated carbocycles. The van der Waals surface area contributed by atoms with E-state index in [-0.39, 0.29) is 16.5 Å². The third kappa shape index (κ3) is 28.6. The van der Waals surface area contributed by atoms with Gasteiger partial charge < -0.3 is 19.4 Å². The summed E-state index contributed by atoms with van der Waals surface area (Å²) < 4.78 is 1.49. The van der Waals surface area contributed by atoms with Gasteiger partial charge in [0.25, 0.3) is 0 Å². The van der Waals surface area contributed by atoms with Gasteiger partial charge in [-0.2, -0.15) is 12.8 Å². The summed E-state index contributed by atoms with van der Waals surface area (Å²) in [4.78, 5) is 0. The summed E-state index contributed by atoms with van der Waals surface area (Å²) in [6.07, 6.45) is 48.3.